The quantitative estimate of drug-likeness (QED) is 0.586. The van der Waals surface area contributed by atoms with Gasteiger partial charge in [-0.3, -0.25) is 14.5 Å². The molecule has 0 saturated carbocycles. The minimum Gasteiger partial charge on any atom is -0.508 e. The van der Waals surface area contributed by atoms with E-state index >= 15 is 0 Å². The molecule has 0 aliphatic heterocycles. The highest BCUT2D eigenvalue weighted by Gasteiger charge is 2.22. The first-order valence-electron chi connectivity index (χ1n) is 6.72. The van der Waals surface area contributed by atoms with E-state index in [-0.39, 0.29) is 29.0 Å². The van der Waals surface area contributed by atoms with E-state index in [4.69, 9.17) is 10.2 Å². The van der Waals surface area contributed by atoms with E-state index in [1.165, 1.54) is 12.1 Å². The van der Waals surface area contributed by atoms with E-state index in [0.717, 1.165) is 4.90 Å². The van der Waals surface area contributed by atoms with Gasteiger partial charge in [0.1, 0.15) is 11.5 Å². The molecule has 122 valence electrons. The van der Waals surface area contributed by atoms with Gasteiger partial charge in [0.2, 0.25) is 0 Å². The molecule has 0 aromatic heterocycles. The second kappa shape index (κ2) is 6.65. The fourth-order valence-corrected chi connectivity index (χ4v) is 2.14. The van der Waals surface area contributed by atoms with E-state index in [1.54, 1.807) is 0 Å². The van der Waals surface area contributed by atoms with Crippen LogP contribution in [0.2, 0.25) is 0 Å². The normalized spacial score (nSPS) is 11.6. The van der Waals surface area contributed by atoms with Gasteiger partial charge in [-0.25, -0.2) is 0 Å². The van der Waals surface area contributed by atoms with Crippen LogP contribution in [0.1, 0.15) is 31.9 Å². The largest absolute Gasteiger partial charge is 0.508 e. The molecule has 0 amide bonds. The highest BCUT2D eigenvalue weighted by atomic mass is 16.4. The molecule has 7 heteroatoms. The number of nitrogens with zero attached hydrogens (tertiary/aromatic N) is 1. The molecule has 22 heavy (non-hydrogen) atoms. The Bertz CT molecular complexity index is 560. The molecule has 0 aliphatic rings. The highest BCUT2D eigenvalue weighted by Crippen LogP contribution is 2.35. The second-order valence-corrected chi connectivity index (χ2v) is 6.18. The van der Waals surface area contributed by atoms with Crippen molar-refractivity contribution >= 4 is 11.9 Å². The maximum atomic E-state index is 10.8. The van der Waals surface area contributed by atoms with Gasteiger partial charge in [-0.05, 0) is 17.5 Å². The lowest BCUT2D eigenvalue weighted by Gasteiger charge is -2.23. The van der Waals surface area contributed by atoms with Gasteiger partial charge in [0.25, 0.3) is 0 Å². The number of carboxylic acids is 2. The van der Waals surface area contributed by atoms with Crippen molar-refractivity contribution in [1.82, 2.24) is 4.90 Å². The Morgan fingerprint density at radius 3 is 1.91 bits per heavy atom. The lowest BCUT2D eigenvalue weighted by molar-refractivity contribution is -0.142. The van der Waals surface area contributed by atoms with Gasteiger partial charge >= 0.3 is 11.9 Å². The van der Waals surface area contributed by atoms with E-state index in [2.05, 4.69) is 0 Å². The third-order valence-electron chi connectivity index (χ3n) is 3.12. The Morgan fingerprint density at radius 2 is 1.50 bits per heavy atom. The molecular weight excluding hydrogens is 290 g/mol. The number of rotatable bonds is 6. The molecule has 4 N–H and O–H groups in total. The standard InChI is InChI=1S/C15H21NO6/c1-15(2,3)10-5-11(17)9(4-12(10)18)6-16(7-13(19)20)8-14(21)22/h4-5,17-18H,6-8H2,1-3H3,(H,19,20)(H,21,22). The summed E-state index contributed by atoms with van der Waals surface area (Å²) in [5, 5.41) is 37.7. The number of benzene rings is 1. The van der Waals surface area contributed by atoms with Gasteiger partial charge in [-0.15, -0.1) is 0 Å². The smallest absolute Gasteiger partial charge is 0.317 e. The monoisotopic (exact) mass is 311 g/mol. The van der Waals surface area contributed by atoms with Crippen LogP contribution in [0, 0.1) is 0 Å². The summed E-state index contributed by atoms with van der Waals surface area (Å²) >= 11 is 0. The third kappa shape index (κ3) is 4.92. The molecule has 0 bridgehead atoms. The fraction of sp³-hybridized carbons (Fsp3) is 0.467. The highest BCUT2D eigenvalue weighted by molar-refractivity contribution is 5.72. The van der Waals surface area contributed by atoms with Gasteiger partial charge < -0.3 is 20.4 Å². The maximum absolute atomic E-state index is 10.8. The molecule has 1 aromatic rings. The molecule has 0 aliphatic carbocycles. The summed E-state index contributed by atoms with van der Waals surface area (Å²) in [6.45, 7) is 4.58. The van der Waals surface area contributed by atoms with Crippen molar-refractivity contribution in [2.45, 2.75) is 32.7 Å². The van der Waals surface area contributed by atoms with Crippen molar-refractivity contribution in [1.29, 1.82) is 0 Å². The molecule has 1 rings (SSSR count). The van der Waals surface area contributed by atoms with Gasteiger partial charge in [0.05, 0.1) is 13.1 Å². The molecule has 1 aromatic carbocycles. The van der Waals surface area contributed by atoms with E-state index < -0.39 is 25.0 Å². The van der Waals surface area contributed by atoms with E-state index in [9.17, 15) is 19.8 Å². The van der Waals surface area contributed by atoms with E-state index in [1.807, 2.05) is 20.8 Å². The summed E-state index contributed by atoms with van der Waals surface area (Å²) in [7, 11) is 0. The third-order valence-corrected chi connectivity index (χ3v) is 3.12. The Balaban J connectivity index is 3.07. The summed E-state index contributed by atoms with van der Waals surface area (Å²) in [6, 6.07) is 2.76. The minimum absolute atomic E-state index is 0.0223. The molecule has 0 radical (unpaired) electrons. The number of hydrogen-bond donors (Lipinski definition) is 4. The van der Waals surface area contributed by atoms with Crippen LogP contribution in [-0.4, -0.2) is 50.4 Å². The first-order valence-corrected chi connectivity index (χ1v) is 6.72. The number of aromatic hydroxyl groups is 2. The van der Waals surface area contributed by atoms with Crippen LogP contribution in [-0.2, 0) is 21.5 Å². The van der Waals surface area contributed by atoms with Crippen molar-refractivity contribution in [2.75, 3.05) is 13.1 Å². The first-order chi connectivity index (χ1) is 10.0. The molecular formula is C15H21NO6. The maximum Gasteiger partial charge on any atom is 0.317 e. The summed E-state index contributed by atoms with van der Waals surface area (Å²) < 4.78 is 0. The zero-order chi connectivity index (χ0) is 17.1. The number of carbonyl (C=O) groups is 2. The van der Waals surface area contributed by atoms with Crippen molar-refractivity contribution in [2.24, 2.45) is 0 Å². The molecule has 0 spiro atoms. The molecule has 7 nitrogen and oxygen atoms in total. The fourth-order valence-electron chi connectivity index (χ4n) is 2.14. The van der Waals surface area contributed by atoms with Crippen LogP contribution >= 0.6 is 0 Å². The number of phenolic OH excluding ortho intramolecular Hbond substituents is 2. The predicted octanol–water partition coefficient (Wildman–Crippen LogP) is 1.37. The Labute approximate surface area is 128 Å². The number of aliphatic carboxylic acids is 2. The Morgan fingerprint density at radius 1 is 1.00 bits per heavy atom. The predicted molar refractivity (Wildman–Crippen MR) is 79.0 cm³/mol. The van der Waals surface area contributed by atoms with Gasteiger partial charge in [0.15, 0.2) is 0 Å². The van der Waals surface area contributed by atoms with Gasteiger partial charge in [-0.1, -0.05) is 20.8 Å². The minimum atomic E-state index is -1.17. The summed E-state index contributed by atoms with van der Waals surface area (Å²) in [5.41, 5.74) is 0.451. The number of carboxylic acid groups (broad SMARTS) is 2. The number of hydrogen-bond acceptors (Lipinski definition) is 5. The molecule has 0 fully saturated rings. The summed E-state index contributed by atoms with van der Waals surface area (Å²) in [6.07, 6.45) is 0. The van der Waals surface area contributed by atoms with E-state index in [0.29, 0.717) is 5.56 Å². The summed E-state index contributed by atoms with van der Waals surface area (Å²) in [4.78, 5) is 22.7. The average molecular weight is 311 g/mol. The van der Waals surface area contributed by atoms with Crippen molar-refractivity contribution in [3.8, 4) is 11.5 Å². The number of phenols is 2. The van der Waals surface area contributed by atoms with Crippen molar-refractivity contribution in [3.05, 3.63) is 23.3 Å². The van der Waals surface area contributed by atoms with Crippen LogP contribution in [0.5, 0.6) is 11.5 Å². The lowest BCUT2D eigenvalue weighted by Crippen LogP contribution is -2.34. The van der Waals surface area contributed by atoms with Gasteiger partial charge in [0, 0.05) is 17.7 Å². The lowest BCUT2D eigenvalue weighted by atomic mass is 9.85. The molecule has 0 atom stereocenters. The first kappa shape index (κ1) is 17.8. The van der Waals surface area contributed by atoms with Crippen LogP contribution < -0.4 is 0 Å². The molecule has 0 saturated heterocycles. The second-order valence-electron chi connectivity index (χ2n) is 6.18. The van der Waals surface area contributed by atoms with Crippen LogP contribution in [0.15, 0.2) is 12.1 Å². The topological polar surface area (TPSA) is 118 Å². The van der Waals surface area contributed by atoms with Crippen LogP contribution in [0.3, 0.4) is 0 Å². The SMILES string of the molecule is CC(C)(C)c1cc(O)c(CN(CC(=O)O)CC(=O)O)cc1O. The molecule has 0 unspecified atom stereocenters. The zero-order valence-electron chi connectivity index (χ0n) is 12.8. The zero-order valence-corrected chi connectivity index (χ0v) is 12.8. The summed E-state index contributed by atoms with van der Waals surface area (Å²) in [5.74, 6) is -2.47. The molecule has 0 heterocycles. The van der Waals surface area contributed by atoms with Gasteiger partial charge in [-0.2, -0.15) is 0 Å². The Hall–Kier alpha value is -2.28. The average Bonchev–Trinajstić information content (AvgIpc) is 2.30. The van der Waals surface area contributed by atoms with Crippen LogP contribution in [0.4, 0.5) is 0 Å². The Kier molecular flexibility index (Phi) is 5.38. The van der Waals surface area contributed by atoms with Crippen molar-refractivity contribution < 1.29 is 30.0 Å². The van der Waals surface area contributed by atoms with Crippen LogP contribution in [0.25, 0.3) is 0 Å². The van der Waals surface area contributed by atoms with Crippen molar-refractivity contribution in [3.63, 3.8) is 0 Å².